The number of benzene rings is 3. The van der Waals surface area contributed by atoms with Crippen molar-refractivity contribution in [2.75, 3.05) is 5.32 Å². The molecule has 5 rings (SSSR count). The monoisotopic (exact) mass is 315 g/mol. The highest BCUT2D eigenvalue weighted by molar-refractivity contribution is 7.25. The van der Waals surface area contributed by atoms with Gasteiger partial charge in [0, 0.05) is 37.0 Å². The largest absolute Gasteiger partial charge is 0.355 e. The van der Waals surface area contributed by atoms with Gasteiger partial charge in [-0.05, 0) is 35.4 Å². The van der Waals surface area contributed by atoms with E-state index in [-0.39, 0.29) is 5.41 Å². The molecule has 1 aromatic heterocycles. The fraction of sp³-hybridized carbons (Fsp3) is 0.143. The zero-order chi connectivity index (χ0) is 15.6. The molecule has 2 heterocycles. The predicted octanol–water partition coefficient (Wildman–Crippen LogP) is 6.44. The van der Waals surface area contributed by atoms with Gasteiger partial charge in [0.15, 0.2) is 0 Å². The molecule has 4 aromatic rings. The number of rotatable bonds is 0. The molecule has 112 valence electrons. The summed E-state index contributed by atoms with van der Waals surface area (Å²) in [4.78, 5) is 0. The van der Waals surface area contributed by atoms with E-state index in [1.807, 2.05) is 11.3 Å². The molecular formula is C21H17NS. The third kappa shape index (κ3) is 1.73. The number of anilines is 2. The Bertz CT molecular complexity index is 1070. The van der Waals surface area contributed by atoms with Crippen LogP contribution in [-0.2, 0) is 5.41 Å². The van der Waals surface area contributed by atoms with Crippen molar-refractivity contribution in [1.82, 2.24) is 0 Å². The lowest BCUT2D eigenvalue weighted by Crippen LogP contribution is -2.25. The van der Waals surface area contributed by atoms with Crippen molar-refractivity contribution < 1.29 is 0 Å². The van der Waals surface area contributed by atoms with Crippen LogP contribution in [0.4, 0.5) is 11.4 Å². The molecule has 0 unspecified atom stereocenters. The summed E-state index contributed by atoms with van der Waals surface area (Å²) in [5, 5.41) is 6.38. The first kappa shape index (κ1) is 13.1. The lowest BCUT2D eigenvalue weighted by molar-refractivity contribution is 0.639. The van der Waals surface area contributed by atoms with E-state index in [1.165, 1.54) is 42.7 Å². The van der Waals surface area contributed by atoms with E-state index < -0.39 is 0 Å². The van der Waals surface area contributed by atoms with Gasteiger partial charge >= 0.3 is 0 Å². The fourth-order valence-corrected chi connectivity index (χ4v) is 4.95. The molecule has 0 saturated carbocycles. The Hall–Kier alpha value is -2.32. The molecule has 0 atom stereocenters. The lowest BCUT2D eigenvalue weighted by atomic mass is 9.74. The number of para-hydroxylation sites is 1. The maximum atomic E-state index is 3.64. The third-order valence-corrected chi connectivity index (χ3v) is 6.19. The van der Waals surface area contributed by atoms with Gasteiger partial charge in [0.25, 0.3) is 0 Å². The number of hydrogen-bond acceptors (Lipinski definition) is 2. The SMILES string of the molecule is CC1(C)c2ccccc2Nc2cc3sc4ccccc4c3cc21. The maximum Gasteiger partial charge on any atom is 0.0440 e. The van der Waals surface area contributed by atoms with Crippen LogP contribution in [0.15, 0.2) is 60.7 Å². The molecule has 0 aliphatic carbocycles. The predicted molar refractivity (Wildman–Crippen MR) is 101 cm³/mol. The zero-order valence-corrected chi connectivity index (χ0v) is 14.0. The Morgan fingerprint density at radius 3 is 2.43 bits per heavy atom. The van der Waals surface area contributed by atoms with E-state index in [4.69, 9.17) is 0 Å². The van der Waals surface area contributed by atoms with Crippen LogP contribution < -0.4 is 5.32 Å². The van der Waals surface area contributed by atoms with E-state index >= 15 is 0 Å². The van der Waals surface area contributed by atoms with Crippen molar-refractivity contribution in [3.63, 3.8) is 0 Å². The fourth-order valence-electron chi connectivity index (χ4n) is 3.82. The van der Waals surface area contributed by atoms with Crippen LogP contribution in [0.3, 0.4) is 0 Å². The average Bonchev–Trinajstić information content (AvgIpc) is 2.91. The minimum absolute atomic E-state index is 0.00834. The van der Waals surface area contributed by atoms with Crippen LogP contribution >= 0.6 is 11.3 Å². The van der Waals surface area contributed by atoms with Crippen LogP contribution in [-0.4, -0.2) is 0 Å². The molecule has 3 aromatic carbocycles. The molecule has 1 nitrogen and oxygen atoms in total. The summed E-state index contributed by atoms with van der Waals surface area (Å²) in [6, 6.07) is 22.1. The summed E-state index contributed by atoms with van der Waals surface area (Å²) in [7, 11) is 0. The minimum atomic E-state index is 0.00834. The van der Waals surface area contributed by atoms with Gasteiger partial charge in [0.1, 0.15) is 0 Å². The highest BCUT2D eigenvalue weighted by Gasteiger charge is 2.32. The molecule has 0 amide bonds. The van der Waals surface area contributed by atoms with E-state index in [2.05, 4.69) is 79.8 Å². The first-order chi connectivity index (χ1) is 11.1. The summed E-state index contributed by atoms with van der Waals surface area (Å²) in [6.07, 6.45) is 0. The average molecular weight is 315 g/mol. The van der Waals surface area contributed by atoms with Crippen molar-refractivity contribution >= 4 is 42.9 Å². The lowest BCUT2D eigenvalue weighted by Gasteiger charge is -2.35. The Morgan fingerprint density at radius 1 is 0.739 bits per heavy atom. The van der Waals surface area contributed by atoms with E-state index in [1.54, 1.807) is 0 Å². The Labute approximate surface area is 139 Å². The van der Waals surface area contributed by atoms with E-state index in [0.717, 1.165) is 0 Å². The Kier molecular flexibility index (Phi) is 2.49. The summed E-state index contributed by atoms with van der Waals surface area (Å²) < 4.78 is 2.72. The van der Waals surface area contributed by atoms with Crippen molar-refractivity contribution in [3.05, 3.63) is 71.8 Å². The summed E-state index contributed by atoms with van der Waals surface area (Å²) >= 11 is 1.88. The molecule has 1 N–H and O–H groups in total. The molecule has 0 spiro atoms. The molecule has 0 fully saturated rings. The highest BCUT2D eigenvalue weighted by Crippen LogP contribution is 2.48. The molecule has 0 saturated heterocycles. The standard InChI is InChI=1S/C21H17NS/c1-21(2)15-8-4-5-9-17(15)22-18-12-20-14(11-16(18)21)13-7-3-6-10-19(13)23-20/h3-12,22H,1-2H3. The van der Waals surface area contributed by atoms with Crippen molar-refractivity contribution in [2.45, 2.75) is 19.3 Å². The second-order valence-electron chi connectivity index (χ2n) is 6.79. The van der Waals surface area contributed by atoms with Gasteiger partial charge in [-0.15, -0.1) is 11.3 Å². The molecule has 0 bridgehead atoms. The molecular weight excluding hydrogens is 298 g/mol. The number of fused-ring (bicyclic) bond motifs is 5. The second-order valence-corrected chi connectivity index (χ2v) is 7.87. The van der Waals surface area contributed by atoms with Crippen LogP contribution in [0.1, 0.15) is 25.0 Å². The first-order valence-corrected chi connectivity index (χ1v) is 8.78. The number of hydrogen-bond donors (Lipinski definition) is 1. The number of nitrogens with one attached hydrogen (secondary N) is 1. The highest BCUT2D eigenvalue weighted by atomic mass is 32.1. The minimum Gasteiger partial charge on any atom is -0.355 e. The topological polar surface area (TPSA) is 12.0 Å². The summed E-state index contributed by atoms with van der Waals surface area (Å²) in [5.74, 6) is 0. The molecule has 1 aliphatic heterocycles. The summed E-state index contributed by atoms with van der Waals surface area (Å²) in [6.45, 7) is 4.65. The summed E-state index contributed by atoms with van der Waals surface area (Å²) in [5.41, 5.74) is 5.23. The Morgan fingerprint density at radius 2 is 1.52 bits per heavy atom. The molecule has 23 heavy (non-hydrogen) atoms. The van der Waals surface area contributed by atoms with Gasteiger partial charge in [0.2, 0.25) is 0 Å². The van der Waals surface area contributed by atoms with Crippen LogP contribution in [0.2, 0.25) is 0 Å². The van der Waals surface area contributed by atoms with Crippen molar-refractivity contribution in [1.29, 1.82) is 0 Å². The Balaban J connectivity index is 1.86. The van der Waals surface area contributed by atoms with Crippen molar-refractivity contribution in [3.8, 4) is 0 Å². The number of thiophene rings is 1. The zero-order valence-electron chi connectivity index (χ0n) is 13.2. The molecule has 0 radical (unpaired) electrons. The van der Waals surface area contributed by atoms with Crippen molar-refractivity contribution in [2.24, 2.45) is 0 Å². The third-order valence-electron chi connectivity index (χ3n) is 5.06. The maximum absolute atomic E-state index is 3.64. The van der Waals surface area contributed by atoms with Gasteiger partial charge in [-0.2, -0.15) is 0 Å². The van der Waals surface area contributed by atoms with Gasteiger partial charge in [-0.3, -0.25) is 0 Å². The smallest absolute Gasteiger partial charge is 0.0440 e. The van der Waals surface area contributed by atoms with Gasteiger partial charge in [0.05, 0.1) is 0 Å². The van der Waals surface area contributed by atoms with E-state index in [9.17, 15) is 0 Å². The normalized spacial score (nSPS) is 15.2. The first-order valence-electron chi connectivity index (χ1n) is 7.97. The second kappa shape index (κ2) is 4.36. The quantitative estimate of drug-likeness (QED) is 0.394. The van der Waals surface area contributed by atoms with Gasteiger partial charge in [-0.1, -0.05) is 50.2 Å². The van der Waals surface area contributed by atoms with E-state index in [0.29, 0.717) is 0 Å². The molecule has 2 heteroatoms. The van der Waals surface area contributed by atoms with Gasteiger partial charge in [-0.25, -0.2) is 0 Å². The van der Waals surface area contributed by atoms with Crippen LogP contribution in [0, 0.1) is 0 Å². The van der Waals surface area contributed by atoms with Crippen LogP contribution in [0.25, 0.3) is 20.2 Å². The van der Waals surface area contributed by atoms with Gasteiger partial charge < -0.3 is 5.32 Å². The van der Waals surface area contributed by atoms with Crippen LogP contribution in [0.5, 0.6) is 0 Å². The molecule has 1 aliphatic rings.